The van der Waals surface area contributed by atoms with E-state index in [9.17, 15) is 4.79 Å². The van der Waals surface area contributed by atoms with Gasteiger partial charge in [-0.1, -0.05) is 27.7 Å². The average Bonchev–Trinajstić information content (AvgIpc) is 2.61. The van der Waals surface area contributed by atoms with E-state index in [4.69, 9.17) is 4.74 Å². The van der Waals surface area contributed by atoms with Crippen LogP contribution in [-0.2, 0) is 9.53 Å². The van der Waals surface area contributed by atoms with Gasteiger partial charge in [0.1, 0.15) is 6.23 Å². The quantitative estimate of drug-likeness (QED) is 0.737. The minimum Gasteiger partial charge on any atom is -0.361 e. The van der Waals surface area contributed by atoms with Crippen LogP contribution in [0.3, 0.4) is 0 Å². The fourth-order valence-electron chi connectivity index (χ4n) is 1.26. The Bertz CT molecular complexity index is 161. The molecule has 1 rings (SSSR count). The summed E-state index contributed by atoms with van der Waals surface area (Å²) in [6, 6.07) is 0. The number of carbonyl (C=O) groups excluding carboxylic acids is 1. The van der Waals surface area contributed by atoms with Gasteiger partial charge in [0.25, 0.3) is 0 Å². The van der Waals surface area contributed by atoms with Gasteiger partial charge in [0.15, 0.2) is 0 Å². The molecule has 15 heavy (non-hydrogen) atoms. The van der Waals surface area contributed by atoms with Gasteiger partial charge in [-0.3, -0.25) is 4.79 Å². The molecular formula is C11H25NO2S. The summed E-state index contributed by atoms with van der Waals surface area (Å²) in [5, 5.41) is 0.102. The number of rotatable bonds is 2. The molecular weight excluding hydrogens is 210 g/mol. The summed E-state index contributed by atoms with van der Waals surface area (Å²) in [4.78, 5) is 13.0. The molecule has 0 radical (unpaired) electrons. The Morgan fingerprint density at radius 1 is 1.33 bits per heavy atom. The third-order valence-electron chi connectivity index (χ3n) is 2.03. The Hall–Kier alpha value is -0.220. The van der Waals surface area contributed by atoms with Crippen LogP contribution in [0.25, 0.3) is 0 Å². The molecule has 1 aliphatic heterocycles. The highest BCUT2D eigenvalue weighted by molar-refractivity contribution is 7.99. The van der Waals surface area contributed by atoms with Crippen molar-refractivity contribution in [3.8, 4) is 0 Å². The zero-order valence-corrected chi connectivity index (χ0v) is 11.9. The van der Waals surface area contributed by atoms with Crippen LogP contribution in [0.15, 0.2) is 0 Å². The van der Waals surface area contributed by atoms with Crippen LogP contribution in [-0.4, -0.2) is 42.7 Å². The summed E-state index contributed by atoms with van der Waals surface area (Å²) >= 11 is 1.59. The summed E-state index contributed by atoms with van der Waals surface area (Å²) in [6.45, 7) is 8.00. The lowest BCUT2D eigenvalue weighted by Gasteiger charge is -2.16. The van der Waals surface area contributed by atoms with Gasteiger partial charge in [-0.2, -0.15) is 11.8 Å². The van der Waals surface area contributed by atoms with Gasteiger partial charge in [0.05, 0.1) is 5.25 Å². The molecule has 1 heterocycles. The highest BCUT2D eigenvalue weighted by Gasteiger charge is 2.36. The average molecular weight is 235 g/mol. The maximum Gasteiger partial charge on any atom is 0.237 e. The summed E-state index contributed by atoms with van der Waals surface area (Å²) in [5.74, 6) is 0.185. The minimum absolute atomic E-state index is 0.0139. The predicted molar refractivity (Wildman–Crippen MR) is 68.2 cm³/mol. The Kier molecular flexibility index (Phi) is 11.8. The first-order valence-electron chi connectivity index (χ1n) is 5.53. The second kappa shape index (κ2) is 10.3. The van der Waals surface area contributed by atoms with Crippen LogP contribution < -0.4 is 0 Å². The molecule has 4 heteroatoms. The first-order valence-corrected chi connectivity index (χ1v) is 6.81. The number of amides is 1. The molecule has 0 saturated carbocycles. The summed E-state index contributed by atoms with van der Waals surface area (Å²) < 4.78 is 5.12. The Morgan fingerprint density at radius 2 is 1.80 bits per heavy atom. The van der Waals surface area contributed by atoms with E-state index in [0.717, 1.165) is 6.42 Å². The minimum atomic E-state index is -0.0139. The van der Waals surface area contributed by atoms with Crippen molar-refractivity contribution < 1.29 is 9.53 Å². The van der Waals surface area contributed by atoms with Crippen molar-refractivity contribution in [1.82, 2.24) is 4.90 Å². The van der Waals surface area contributed by atoms with Gasteiger partial charge in [-0.15, -0.1) is 0 Å². The molecule has 3 nitrogen and oxygen atoms in total. The zero-order chi connectivity index (χ0) is 12.4. The van der Waals surface area contributed by atoms with Crippen LogP contribution >= 0.6 is 11.8 Å². The molecule has 1 aliphatic rings. The molecule has 0 spiro atoms. The first-order chi connectivity index (χ1) is 7.20. The van der Waals surface area contributed by atoms with Gasteiger partial charge in [0.2, 0.25) is 5.91 Å². The van der Waals surface area contributed by atoms with Gasteiger partial charge in [-0.05, 0) is 6.26 Å². The molecule has 1 saturated heterocycles. The van der Waals surface area contributed by atoms with E-state index in [-0.39, 0.29) is 17.4 Å². The van der Waals surface area contributed by atoms with E-state index >= 15 is 0 Å². The number of hydrogen-bond donors (Lipinski definition) is 0. The zero-order valence-electron chi connectivity index (χ0n) is 11.0. The topological polar surface area (TPSA) is 29.5 Å². The number of carbonyl (C=O) groups is 1. The molecule has 0 aromatic heterocycles. The lowest BCUT2D eigenvalue weighted by molar-refractivity contribution is -0.132. The fourth-order valence-corrected chi connectivity index (χ4v) is 1.99. The van der Waals surface area contributed by atoms with E-state index in [1.54, 1.807) is 30.8 Å². The number of methoxy groups -OCH3 is 1. The van der Waals surface area contributed by atoms with Crippen molar-refractivity contribution in [3.63, 3.8) is 0 Å². The molecule has 2 unspecified atom stereocenters. The van der Waals surface area contributed by atoms with Gasteiger partial charge in [-0.25, -0.2) is 0 Å². The number of hydrogen-bond acceptors (Lipinski definition) is 3. The maximum absolute atomic E-state index is 11.3. The van der Waals surface area contributed by atoms with Crippen LogP contribution in [0.5, 0.6) is 0 Å². The number of ether oxygens (including phenoxy) is 1. The van der Waals surface area contributed by atoms with Crippen LogP contribution in [0.2, 0.25) is 0 Å². The van der Waals surface area contributed by atoms with E-state index in [1.807, 2.05) is 34.0 Å². The monoisotopic (exact) mass is 235 g/mol. The number of nitrogens with zero attached hydrogens (tertiary/aromatic N) is 1. The molecule has 1 amide bonds. The SMILES string of the molecule is CC.CC.COC1CC(SC)C(=O)N1C. The Balaban J connectivity index is 0. The largest absolute Gasteiger partial charge is 0.361 e. The van der Waals surface area contributed by atoms with Crippen molar-refractivity contribution in [1.29, 1.82) is 0 Å². The molecule has 2 atom stereocenters. The highest BCUT2D eigenvalue weighted by Crippen LogP contribution is 2.25. The molecule has 0 aliphatic carbocycles. The predicted octanol–water partition coefficient (Wildman–Crippen LogP) is 2.61. The van der Waals surface area contributed by atoms with Crippen molar-refractivity contribution >= 4 is 17.7 Å². The Morgan fingerprint density at radius 3 is 2.00 bits per heavy atom. The van der Waals surface area contributed by atoms with E-state index in [0.29, 0.717) is 0 Å². The second-order valence-corrected chi connectivity index (χ2v) is 3.64. The number of likely N-dealkylation sites (tertiary alicyclic amines) is 1. The highest BCUT2D eigenvalue weighted by atomic mass is 32.2. The van der Waals surface area contributed by atoms with Crippen molar-refractivity contribution in [2.75, 3.05) is 20.4 Å². The van der Waals surface area contributed by atoms with Crippen LogP contribution in [0, 0.1) is 0 Å². The smallest absolute Gasteiger partial charge is 0.237 e. The third kappa shape index (κ3) is 4.89. The molecule has 0 bridgehead atoms. The Labute approximate surface area is 98.6 Å². The van der Waals surface area contributed by atoms with Crippen molar-refractivity contribution in [2.24, 2.45) is 0 Å². The summed E-state index contributed by atoms with van der Waals surface area (Å²) in [6.07, 6.45) is 2.75. The van der Waals surface area contributed by atoms with E-state index < -0.39 is 0 Å². The molecule has 0 N–H and O–H groups in total. The van der Waals surface area contributed by atoms with E-state index in [1.165, 1.54) is 0 Å². The molecule has 1 fully saturated rings. The third-order valence-corrected chi connectivity index (χ3v) is 2.99. The lowest BCUT2D eigenvalue weighted by Crippen LogP contribution is -2.30. The van der Waals surface area contributed by atoms with E-state index in [2.05, 4.69) is 0 Å². The van der Waals surface area contributed by atoms with Crippen LogP contribution in [0.1, 0.15) is 34.1 Å². The van der Waals surface area contributed by atoms with Crippen molar-refractivity contribution in [2.45, 2.75) is 45.6 Å². The standard InChI is InChI=1S/C7H13NO2S.2C2H6/c1-8-6(10-2)4-5(11-3)7(8)9;2*1-2/h5-6H,4H2,1-3H3;2*1-2H3. The van der Waals surface area contributed by atoms with Gasteiger partial charge < -0.3 is 9.64 Å². The fraction of sp³-hybridized carbons (Fsp3) is 0.909. The second-order valence-electron chi connectivity index (χ2n) is 2.60. The summed E-state index contributed by atoms with van der Waals surface area (Å²) in [5.41, 5.74) is 0. The molecule has 0 aromatic carbocycles. The summed E-state index contributed by atoms with van der Waals surface area (Å²) in [7, 11) is 3.42. The lowest BCUT2D eigenvalue weighted by atomic mass is 10.3. The van der Waals surface area contributed by atoms with Gasteiger partial charge in [0, 0.05) is 20.6 Å². The molecule has 92 valence electrons. The first kappa shape index (κ1) is 17.2. The van der Waals surface area contributed by atoms with Gasteiger partial charge >= 0.3 is 0 Å². The van der Waals surface area contributed by atoms with Crippen LogP contribution in [0.4, 0.5) is 0 Å². The maximum atomic E-state index is 11.3. The molecule has 0 aromatic rings. The normalized spacial score (nSPS) is 23.9. The number of thioether (sulfide) groups is 1. The van der Waals surface area contributed by atoms with Crippen molar-refractivity contribution in [3.05, 3.63) is 0 Å².